The summed E-state index contributed by atoms with van der Waals surface area (Å²) in [4.78, 5) is 13.8. The molecule has 3 nitrogen and oxygen atoms in total. The molecule has 0 radical (unpaired) electrons. The molecule has 1 aliphatic heterocycles. The zero-order valence-electron chi connectivity index (χ0n) is 12.2. The summed E-state index contributed by atoms with van der Waals surface area (Å²) in [5, 5.41) is 3.20. The molecule has 1 aromatic carbocycles. The first-order chi connectivity index (χ1) is 9.58. The van der Waals surface area contributed by atoms with Crippen LogP contribution in [-0.2, 0) is 4.79 Å². The molecule has 20 heavy (non-hydrogen) atoms. The number of hydrogen-bond acceptors (Lipinski definition) is 2. The second-order valence-corrected chi connectivity index (χ2v) is 5.81. The number of amides is 1. The van der Waals surface area contributed by atoms with Crippen LogP contribution < -0.4 is 5.32 Å². The van der Waals surface area contributed by atoms with Crippen molar-refractivity contribution in [3.05, 3.63) is 35.6 Å². The highest BCUT2D eigenvalue weighted by atomic mass is 19.1. The lowest BCUT2D eigenvalue weighted by atomic mass is 10.1. The minimum Gasteiger partial charge on any atom is -0.322 e. The largest absolute Gasteiger partial charge is 0.322 e. The van der Waals surface area contributed by atoms with Crippen LogP contribution in [0.4, 0.5) is 4.39 Å². The van der Waals surface area contributed by atoms with Crippen molar-refractivity contribution in [2.24, 2.45) is 5.92 Å². The van der Waals surface area contributed by atoms with Gasteiger partial charge in [-0.15, -0.1) is 0 Å². The maximum Gasteiger partial charge on any atom is 0.238 e. The molecule has 0 bridgehead atoms. The van der Waals surface area contributed by atoms with Crippen LogP contribution in [0, 0.1) is 11.7 Å². The summed E-state index contributed by atoms with van der Waals surface area (Å²) in [6.45, 7) is 5.56. The van der Waals surface area contributed by atoms with E-state index in [4.69, 9.17) is 0 Å². The fraction of sp³-hybridized carbons (Fsp3) is 0.562. The monoisotopic (exact) mass is 278 g/mol. The maximum absolute atomic E-state index is 13.0. The van der Waals surface area contributed by atoms with E-state index in [9.17, 15) is 9.18 Å². The first-order valence-electron chi connectivity index (χ1n) is 7.36. The molecule has 4 heteroatoms. The van der Waals surface area contributed by atoms with Crippen molar-refractivity contribution in [3.63, 3.8) is 0 Å². The van der Waals surface area contributed by atoms with Gasteiger partial charge in [-0.05, 0) is 30.0 Å². The van der Waals surface area contributed by atoms with Crippen molar-refractivity contribution in [1.29, 1.82) is 0 Å². The first-order valence-corrected chi connectivity index (χ1v) is 7.36. The van der Waals surface area contributed by atoms with E-state index in [1.807, 2.05) is 4.90 Å². The summed E-state index contributed by atoms with van der Waals surface area (Å²) < 4.78 is 13.0. The normalized spacial score (nSPS) is 19.1. The van der Waals surface area contributed by atoms with Gasteiger partial charge in [-0.25, -0.2) is 4.39 Å². The standard InChI is InChI=1S/C16H23FN2O/c1-12(2)5-3-4-10-19-15(20)11-18-16(19)13-6-8-14(17)9-7-13/h6-9,12,16,18H,3-5,10-11H2,1-2H3. The molecule has 1 unspecified atom stereocenters. The first kappa shape index (κ1) is 15.0. The smallest absolute Gasteiger partial charge is 0.238 e. The number of benzene rings is 1. The van der Waals surface area contributed by atoms with Gasteiger partial charge >= 0.3 is 0 Å². The lowest BCUT2D eigenvalue weighted by Gasteiger charge is -2.24. The highest BCUT2D eigenvalue weighted by molar-refractivity contribution is 5.80. The molecular weight excluding hydrogens is 255 g/mol. The van der Waals surface area contributed by atoms with Gasteiger partial charge in [0.25, 0.3) is 0 Å². The quantitative estimate of drug-likeness (QED) is 0.811. The minimum absolute atomic E-state index is 0.109. The Hall–Kier alpha value is -1.42. The summed E-state index contributed by atoms with van der Waals surface area (Å²) in [5.74, 6) is 0.584. The van der Waals surface area contributed by atoms with Crippen LogP contribution in [0.2, 0.25) is 0 Å². The minimum atomic E-state index is -0.249. The van der Waals surface area contributed by atoms with Crippen LogP contribution in [0.15, 0.2) is 24.3 Å². The second-order valence-electron chi connectivity index (χ2n) is 5.81. The molecule has 1 atom stereocenters. The summed E-state index contributed by atoms with van der Waals surface area (Å²) in [5.41, 5.74) is 0.945. The zero-order chi connectivity index (χ0) is 14.5. The lowest BCUT2D eigenvalue weighted by Crippen LogP contribution is -2.31. The summed E-state index contributed by atoms with van der Waals surface area (Å²) in [7, 11) is 0. The van der Waals surface area contributed by atoms with Crippen molar-refractivity contribution in [3.8, 4) is 0 Å². The van der Waals surface area contributed by atoms with Gasteiger partial charge in [0.1, 0.15) is 12.0 Å². The SMILES string of the molecule is CC(C)CCCCN1C(=O)CNC1c1ccc(F)cc1. The van der Waals surface area contributed by atoms with Crippen LogP contribution in [-0.4, -0.2) is 23.9 Å². The molecular formula is C16H23FN2O. The third-order valence-corrected chi connectivity index (χ3v) is 3.69. The van der Waals surface area contributed by atoms with Crippen LogP contribution in [0.3, 0.4) is 0 Å². The van der Waals surface area contributed by atoms with Crippen molar-refractivity contribution >= 4 is 5.91 Å². The Bertz CT molecular complexity index is 444. The van der Waals surface area contributed by atoms with E-state index in [0.717, 1.165) is 24.9 Å². The Morgan fingerprint density at radius 2 is 2.00 bits per heavy atom. The van der Waals surface area contributed by atoms with E-state index in [2.05, 4.69) is 19.2 Å². The topological polar surface area (TPSA) is 32.3 Å². The fourth-order valence-electron chi connectivity index (χ4n) is 2.57. The van der Waals surface area contributed by atoms with Crippen LogP contribution >= 0.6 is 0 Å². The fourth-order valence-corrected chi connectivity index (χ4v) is 2.57. The molecule has 1 amide bonds. The summed E-state index contributed by atoms with van der Waals surface area (Å²) in [6, 6.07) is 6.37. The van der Waals surface area contributed by atoms with Gasteiger partial charge in [-0.3, -0.25) is 10.1 Å². The van der Waals surface area contributed by atoms with Crippen LogP contribution in [0.25, 0.3) is 0 Å². The number of nitrogens with one attached hydrogen (secondary N) is 1. The number of unbranched alkanes of at least 4 members (excludes halogenated alkanes) is 1. The third kappa shape index (κ3) is 3.79. The van der Waals surface area contributed by atoms with E-state index in [-0.39, 0.29) is 17.9 Å². The van der Waals surface area contributed by atoms with E-state index in [1.165, 1.54) is 18.6 Å². The van der Waals surface area contributed by atoms with Crippen molar-refractivity contribution in [2.45, 2.75) is 39.3 Å². The number of halogens is 1. The molecule has 1 fully saturated rings. The Morgan fingerprint density at radius 1 is 1.30 bits per heavy atom. The number of hydrogen-bond donors (Lipinski definition) is 1. The van der Waals surface area contributed by atoms with Gasteiger partial charge in [-0.2, -0.15) is 0 Å². The van der Waals surface area contributed by atoms with Crippen molar-refractivity contribution in [1.82, 2.24) is 10.2 Å². The third-order valence-electron chi connectivity index (χ3n) is 3.69. The molecule has 1 saturated heterocycles. The predicted octanol–water partition coefficient (Wildman–Crippen LogP) is 3.08. The van der Waals surface area contributed by atoms with Gasteiger partial charge in [0, 0.05) is 6.54 Å². The highest BCUT2D eigenvalue weighted by Gasteiger charge is 2.30. The van der Waals surface area contributed by atoms with Gasteiger partial charge in [0.2, 0.25) is 5.91 Å². The Labute approximate surface area is 120 Å². The van der Waals surface area contributed by atoms with Gasteiger partial charge < -0.3 is 4.90 Å². The van der Waals surface area contributed by atoms with E-state index < -0.39 is 0 Å². The molecule has 0 aliphatic carbocycles. The molecule has 2 rings (SSSR count). The Morgan fingerprint density at radius 3 is 2.65 bits per heavy atom. The molecule has 0 spiro atoms. The molecule has 0 saturated carbocycles. The van der Waals surface area contributed by atoms with Crippen LogP contribution in [0.1, 0.15) is 44.8 Å². The molecule has 110 valence electrons. The second kappa shape index (κ2) is 6.84. The number of nitrogens with zero attached hydrogens (tertiary/aromatic N) is 1. The van der Waals surface area contributed by atoms with Gasteiger partial charge in [0.15, 0.2) is 0 Å². The average Bonchev–Trinajstić information content (AvgIpc) is 2.77. The highest BCUT2D eigenvalue weighted by Crippen LogP contribution is 2.23. The predicted molar refractivity (Wildman–Crippen MR) is 77.5 cm³/mol. The van der Waals surface area contributed by atoms with Crippen LogP contribution in [0.5, 0.6) is 0 Å². The number of carbonyl (C=O) groups is 1. The van der Waals surface area contributed by atoms with Gasteiger partial charge in [0.05, 0.1) is 6.54 Å². The zero-order valence-corrected chi connectivity index (χ0v) is 12.2. The summed E-state index contributed by atoms with van der Waals surface area (Å²) in [6.07, 6.45) is 3.24. The van der Waals surface area contributed by atoms with Gasteiger partial charge in [-0.1, -0.05) is 38.8 Å². The molecule has 1 aromatic rings. The number of rotatable bonds is 6. The van der Waals surface area contributed by atoms with E-state index >= 15 is 0 Å². The Balaban J connectivity index is 1.94. The van der Waals surface area contributed by atoms with E-state index in [1.54, 1.807) is 12.1 Å². The molecule has 1 N–H and O–H groups in total. The summed E-state index contributed by atoms with van der Waals surface area (Å²) >= 11 is 0. The maximum atomic E-state index is 13.0. The van der Waals surface area contributed by atoms with Crippen molar-refractivity contribution in [2.75, 3.05) is 13.1 Å². The molecule has 0 aromatic heterocycles. The molecule has 1 heterocycles. The number of carbonyl (C=O) groups excluding carboxylic acids is 1. The molecule has 1 aliphatic rings. The van der Waals surface area contributed by atoms with Crippen molar-refractivity contribution < 1.29 is 9.18 Å². The average molecular weight is 278 g/mol. The Kier molecular flexibility index (Phi) is 5.12. The van der Waals surface area contributed by atoms with E-state index in [0.29, 0.717) is 12.5 Å². The lowest BCUT2D eigenvalue weighted by molar-refractivity contribution is -0.128.